The van der Waals surface area contributed by atoms with E-state index in [1.807, 2.05) is 0 Å². The topological polar surface area (TPSA) is 38.9 Å². The number of hydrogen-bond acceptors (Lipinski definition) is 3. The first kappa shape index (κ1) is 12.1. The van der Waals surface area contributed by atoms with Crippen molar-refractivity contribution in [3.63, 3.8) is 0 Å². The van der Waals surface area contributed by atoms with E-state index in [0.29, 0.717) is 0 Å². The summed E-state index contributed by atoms with van der Waals surface area (Å²) in [5.41, 5.74) is 7.53. The number of hydrogen-bond donors (Lipinski definition) is 1. The molecule has 2 N–H and O–H groups in total. The molecule has 0 amide bonds. The smallest absolute Gasteiger partial charge is 0.113 e. The van der Waals surface area contributed by atoms with Crippen molar-refractivity contribution in [1.82, 2.24) is 4.98 Å². The molecule has 0 saturated heterocycles. The van der Waals surface area contributed by atoms with Crippen LogP contribution >= 0.6 is 11.3 Å². The van der Waals surface area contributed by atoms with Gasteiger partial charge in [-0.25, -0.2) is 4.98 Å². The summed E-state index contributed by atoms with van der Waals surface area (Å²) in [6, 6.07) is 0. The molecule has 2 nitrogen and oxygen atoms in total. The molecule has 0 aromatic carbocycles. The average molecular weight is 238 g/mol. The van der Waals surface area contributed by atoms with Crippen LogP contribution in [0.5, 0.6) is 0 Å². The minimum Gasteiger partial charge on any atom is -0.319 e. The molecule has 2 unspecified atom stereocenters. The summed E-state index contributed by atoms with van der Waals surface area (Å²) in [5, 5.41) is 3.27. The fourth-order valence-electron chi connectivity index (χ4n) is 2.64. The molecule has 1 saturated carbocycles. The summed E-state index contributed by atoms with van der Waals surface area (Å²) < 4.78 is 0. The lowest BCUT2D eigenvalue weighted by Gasteiger charge is -2.25. The van der Waals surface area contributed by atoms with E-state index in [4.69, 9.17) is 5.73 Å². The lowest BCUT2D eigenvalue weighted by atomic mass is 9.91. The van der Waals surface area contributed by atoms with Gasteiger partial charge < -0.3 is 5.73 Å². The lowest BCUT2D eigenvalue weighted by Crippen LogP contribution is -2.36. The van der Waals surface area contributed by atoms with E-state index in [1.165, 1.54) is 25.7 Å². The summed E-state index contributed by atoms with van der Waals surface area (Å²) in [5.74, 6) is 0.881. The Hall–Kier alpha value is -0.410. The molecule has 90 valence electrons. The van der Waals surface area contributed by atoms with Crippen LogP contribution in [0.2, 0.25) is 0 Å². The van der Waals surface area contributed by atoms with Crippen LogP contribution in [0, 0.1) is 12.8 Å². The summed E-state index contributed by atoms with van der Waals surface area (Å²) >= 11 is 1.74. The third kappa shape index (κ3) is 2.46. The Bertz CT molecular complexity index is 347. The van der Waals surface area contributed by atoms with Gasteiger partial charge in [0, 0.05) is 11.1 Å². The maximum atomic E-state index is 6.56. The van der Waals surface area contributed by atoms with Crippen LogP contribution in [0.1, 0.15) is 56.2 Å². The Kier molecular flexibility index (Phi) is 3.65. The number of rotatable bonds is 2. The molecule has 0 radical (unpaired) electrons. The molecular weight excluding hydrogens is 216 g/mol. The van der Waals surface area contributed by atoms with E-state index in [9.17, 15) is 0 Å². The van der Waals surface area contributed by atoms with Crippen molar-refractivity contribution in [3.8, 4) is 0 Å². The summed E-state index contributed by atoms with van der Waals surface area (Å²) in [4.78, 5) is 4.59. The van der Waals surface area contributed by atoms with E-state index < -0.39 is 0 Å². The first-order valence-corrected chi connectivity index (χ1v) is 7.23. The summed E-state index contributed by atoms with van der Waals surface area (Å²) in [7, 11) is 0. The normalized spacial score (nSPS) is 31.3. The van der Waals surface area contributed by atoms with Gasteiger partial charge in [-0.3, -0.25) is 0 Å². The largest absolute Gasteiger partial charge is 0.319 e. The van der Waals surface area contributed by atoms with Gasteiger partial charge in [0.2, 0.25) is 0 Å². The van der Waals surface area contributed by atoms with Crippen LogP contribution in [0.3, 0.4) is 0 Å². The zero-order valence-corrected chi connectivity index (χ0v) is 11.1. The van der Waals surface area contributed by atoms with E-state index in [-0.39, 0.29) is 5.54 Å². The summed E-state index contributed by atoms with van der Waals surface area (Å²) in [6.07, 6.45) is 7.39. The Morgan fingerprint density at radius 1 is 1.50 bits per heavy atom. The van der Waals surface area contributed by atoms with Gasteiger partial charge in [0.25, 0.3) is 0 Å². The SMILES string of the molecule is CCC1CCCC(N)(c2nc(C)cs2)CC1. The highest BCUT2D eigenvalue weighted by atomic mass is 32.1. The van der Waals surface area contributed by atoms with E-state index in [0.717, 1.165) is 29.5 Å². The van der Waals surface area contributed by atoms with Crippen LogP contribution < -0.4 is 5.73 Å². The van der Waals surface area contributed by atoms with Crippen molar-refractivity contribution in [1.29, 1.82) is 0 Å². The predicted molar refractivity (Wildman–Crippen MR) is 69.6 cm³/mol. The van der Waals surface area contributed by atoms with Crippen LogP contribution in [0.25, 0.3) is 0 Å². The van der Waals surface area contributed by atoms with Crippen LogP contribution in [-0.4, -0.2) is 4.98 Å². The van der Waals surface area contributed by atoms with Crippen LogP contribution in [-0.2, 0) is 5.54 Å². The molecule has 0 spiro atoms. The van der Waals surface area contributed by atoms with Gasteiger partial charge in [0.1, 0.15) is 5.01 Å². The second-order valence-electron chi connectivity index (χ2n) is 5.16. The van der Waals surface area contributed by atoms with Crippen molar-refractivity contribution in [2.75, 3.05) is 0 Å². The highest BCUT2D eigenvalue weighted by Crippen LogP contribution is 2.37. The Morgan fingerprint density at radius 2 is 2.31 bits per heavy atom. The van der Waals surface area contributed by atoms with Crippen molar-refractivity contribution in [3.05, 3.63) is 16.1 Å². The molecule has 3 heteroatoms. The molecular formula is C13H22N2S. The van der Waals surface area contributed by atoms with Gasteiger partial charge in [-0.15, -0.1) is 11.3 Å². The summed E-state index contributed by atoms with van der Waals surface area (Å²) in [6.45, 7) is 4.34. The van der Waals surface area contributed by atoms with Crippen LogP contribution in [0.4, 0.5) is 0 Å². The molecule has 0 bridgehead atoms. The molecule has 0 aliphatic heterocycles. The Labute approximate surface area is 102 Å². The van der Waals surface area contributed by atoms with Gasteiger partial charge in [-0.2, -0.15) is 0 Å². The standard InChI is InChI=1S/C13H22N2S/c1-3-11-5-4-7-13(14,8-6-11)12-15-10(2)9-16-12/h9,11H,3-8,14H2,1-2H3. The molecule has 1 fully saturated rings. The van der Waals surface area contributed by atoms with E-state index in [2.05, 4.69) is 24.2 Å². The minimum absolute atomic E-state index is 0.136. The van der Waals surface area contributed by atoms with Crippen molar-refractivity contribution < 1.29 is 0 Å². The lowest BCUT2D eigenvalue weighted by molar-refractivity contribution is 0.370. The fraction of sp³-hybridized carbons (Fsp3) is 0.769. The second kappa shape index (κ2) is 4.84. The highest BCUT2D eigenvalue weighted by molar-refractivity contribution is 7.09. The number of aromatic nitrogens is 1. The third-order valence-corrected chi connectivity index (χ3v) is 5.04. The second-order valence-corrected chi connectivity index (χ2v) is 6.01. The minimum atomic E-state index is -0.136. The monoisotopic (exact) mass is 238 g/mol. The molecule has 1 heterocycles. The van der Waals surface area contributed by atoms with Gasteiger partial charge >= 0.3 is 0 Å². The Balaban J connectivity index is 2.13. The molecule has 2 atom stereocenters. The van der Waals surface area contributed by atoms with Crippen molar-refractivity contribution in [2.24, 2.45) is 11.7 Å². The molecule has 1 aromatic heterocycles. The molecule has 1 aromatic rings. The number of nitrogens with two attached hydrogens (primary N) is 1. The van der Waals surface area contributed by atoms with Crippen LogP contribution in [0.15, 0.2) is 5.38 Å². The average Bonchev–Trinajstić information content (AvgIpc) is 2.61. The van der Waals surface area contributed by atoms with Gasteiger partial charge in [-0.1, -0.05) is 26.2 Å². The first-order valence-electron chi connectivity index (χ1n) is 6.35. The number of thiazole rings is 1. The maximum absolute atomic E-state index is 6.56. The zero-order valence-electron chi connectivity index (χ0n) is 10.3. The fourth-order valence-corrected chi connectivity index (χ4v) is 3.61. The maximum Gasteiger partial charge on any atom is 0.113 e. The molecule has 1 aliphatic carbocycles. The number of nitrogens with zero attached hydrogens (tertiary/aromatic N) is 1. The van der Waals surface area contributed by atoms with E-state index in [1.54, 1.807) is 11.3 Å². The quantitative estimate of drug-likeness (QED) is 0.800. The number of aryl methyl sites for hydroxylation is 1. The van der Waals surface area contributed by atoms with Gasteiger partial charge in [0.15, 0.2) is 0 Å². The Morgan fingerprint density at radius 3 is 2.94 bits per heavy atom. The highest BCUT2D eigenvalue weighted by Gasteiger charge is 2.32. The van der Waals surface area contributed by atoms with Crippen molar-refractivity contribution in [2.45, 2.75) is 57.9 Å². The third-order valence-electron chi connectivity index (χ3n) is 3.86. The predicted octanol–water partition coefficient (Wildman–Crippen LogP) is 3.60. The van der Waals surface area contributed by atoms with Gasteiger partial charge in [0.05, 0.1) is 5.54 Å². The van der Waals surface area contributed by atoms with Crippen molar-refractivity contribution >= 4 is 11.3 Å². The van der Waals surface area contributed by atoms with E-state index >= 15 is 0 Å². The molecule has 16 heavy (non-hydrogen) atoms. The van der Waals surface area contributed by atoms with Gasteiger partial charge in [-0.05, 0) is 32.1 Å². The zero-order chi connectivity index (χ0) is 11.6. The first-order chi connectivity index (χ1) is 7.64. The molecule has 2 rings (SSSR count). The molecule has 1 aliphatic rings.